The minimum atomic E-state index is 0.0793. The normalized spacial score (nSPS) is 21.0. The van der Waals surface area contributed by atoms with Crippen molar-refractivity contribution in [1.29, 1.82) is 0 Å². The third-order valence-corrected chi connectivity index (χ3v) is 6.56. The standard InChI is InChI=1S/C22H28N4O/c27-22(25-11-10-17-6-4-5-7-18(17)15-25)21-14-20-16-24(12-13-26(20)23-21)19-8-2-1-3-9-19/h4-7,14,19H,1-3,8-13,15-16H2. The number of amides is 1. The molecule has 27 heavy (non-hydrogen) atoms. The maximum Gasteiger partial charge on any atom is 0.274 e. The molecule has 0 atom stereocenters. The van der Waals surface area contributed by atoms with Gasteiger partial charge in [-0.2, -0.15) is 5.10 Å². The van der Waals surface area contributed by atoms with E-state index in [1.54, 1.807) is 0 Å². The van der Waals surface area contributed by atoms with E-state index in [0.717, 1.165) is 38.6 Å². The number of aromatic nitrogens is 2. The van der Waals surface area contributed by atoms with E-state index in [9.17, 15) is 4.79 Å². The summed E-state index contributed by atoms with van der Waals surface area (Å²) < 4.78 is 2.06. The van der Waals surface area contributed by atoms with Gasteiger partial charge in [0.1, 0.15) is 0 Å². The summed E-state index contributed by atoms with van der Waals surface area (Å²) in [5.41, 5.74) is 4.46. The second kappa shape index (κ2) is 7.12. The fraction of sp³-hybridized carbons (Fsp3) is 0.545. The largest absolute Gasteiger partial charge is 0.333 e. The molecular weight excluding hydrogens is 336 g/mol. The lowest BCUT2D eigenvalue weighted by Gasteiger charge is -2.36. The molecule has 0 spiro atoms. The third kappa shape index (κ3) is 3.29. The zero-order valence-corrected chi connectivity index (χ0v) is 15.9. The third-order valence-electron chi connectivity index (χ3n) is 6.56. The first-order valence-electron chi connectivity index (χ1n) is 10.4. The Kier molecular flexibility index (Phi) is 4.48. The molecule has 1 saturated carbocycles. The molecule has 2 aliphatic heterocycles. The summed E-state index contributed by atoms with van der Waals surface area (Å²) in [4.78, 5) is 17.6. The molecule has 5 rings (SSSR count). The summed E-state index contributed by atoms with van der Waals surface area (Å²) in [5, 5.41) is 4.66. The molecule has 1 amide bonds. The Morgan fingerprint density at radius 3 is 2.63 bits per heavy atom. The molecule has 1 aliphatic carbocycles. The molecule has 0 N–H and O–H groups in total. The molecule has 2 aromatic rings. The molecule has 5 nitrogen and oxygen atoms in total. The molecule has 0 bridgehead atoms. The lowest BCUT2D eigenvalue weighted by molar-refractivity contribution is 0.0727. The highest BCUT2D eigenvalue weighted by Gasteiger charge is 2.29. The van der Waals surface area contributed by atoms with Crippen molar-refractivity contribution < 1.29 is 4.79 Å². The smallest absolute Gasteiger partial charge is 0.274 e. The number of hydrogen-bond acceptors (Lipinski definition) is 3. The lowest BCUT2D eigenvalue weighted by atomic mass is 9.94. The van der Waals surface area contributed by atoms with Gasteiger partial charge in [0.05, 0.1) is 12.2 Å². The van der Waals surface area contributed by atoms with Crippen LogP contribution in [-0.2, 0) is 26.1 Å². The Labute approximate surface area is 161 Å². The number of fused-ring (bicyclic) bond motifs is 2. The molecular formula is C22H28N4O. The van der Waals surface area contributed by atoms with Gasteiger partial charge in [0.15, 0.2) is 5.69 Å². The summed E-state index contributed by atoms with van der Waals surface area (Å²) in [7, 11) is 0. The van der Waals surface area contributed by atoms with Crippen LogP contribution in [0.1, 0.15) is 59.4 Å². The second-order valence-corrected chi connectivity index (χ2v) is 8.25. The van der Waals surface area contributed by atoms with E-state index in [4.69, 9.17) is 0 Å². The van der Waals surface area contributed by atoms with Crippen LogP contribution in [0, 0.1) is 0 Å². The first-order valence-corrected chi connectivity index (χ1v) is 10.4. The van der Waals surface area contributed by atoms with Crippen LogP contribution in [0.3, 0.4) is 0 Å². The van der Waals surface area contributed by atoms with Gasteiger partial charge in [-0.25, -0.2) is 0 Å². The van der Waals surface area contributed by atoms with E-state index in [1.165, 1.54) is 48.9 Å². The van der Waals surface area contributed by atoms with Gasteiger partial charge in [-0.1, -0.05) is 43.5 Å². The molecule has 1 aromatic carbocycles. The molecule has 3 aliphatic rings. The summed E-state index contributed by atoms with van der Waals surface area (Å²) in [6.45, 7) is 4.39. The minimum Gasteiger partial charge on any atom is -0.333 e. The highest BCUT2D eigenvalue weighted by Crippen LogP contribution is 2.27. The zero-order chi connectivity index (χ0) is 18.2. The van der Waals surface area contributed by atoms with E-state index < -0.39 is 0 Å². The fourth-order valence-corrected chi connectivity index (χ4v) is 4.98. The molecule has 1 aromatic heterocycles. The lowest BCUT2D eigenvalue weighted by Crippen LogP contribution is -2.42. The zero-order valence-electron chi connectivity index (χ0n) is 15.9. The number of benzene rings is 1. The first kappa shape index (κ1) is 17.0. The van der Waals surface area contributed by atoms with Gasteiger partial charge in [0, 0.05) is 32.2 Å². The Bertz CT molecular complexity index is 837. The van der Waals surface area contributed by atoms with Gasteiger partial charge in [0.2, 0.25) is 0 Å². The van der Waals surface area contributed by atoms with Gasteiger partial charge >= 0.3 is 0 Å². The summed E-state index contributed by atoms with van der Waals surface area (Å²) in [5.74, 6) is 0.0793. The molecule has 142 valence electrons. The second-order valence-electron chi connectivity index (χ2n) is 8.25. The van der Waals surface area contributed by atoms with E-state index in [-0.39, 0.29) is 5.91 Å². The first-order chi connectivity index (χ1) is 13.3. The minimum absolute atomic E-state index is 0.0793. The van der Waals surface area contributed by atoms with E-state index in [2.05, 4.69) is 38.9 Å². The Balaban J connectivity index is 1.30. The fourth-order valence-electron chi connectivity index (χ4n) is 4.98. The predicted octanol–water partition coefficient (Wildman–Crippen LogP) is 3.23. The average Bonchev–Trinajstić information content (AvgIpc) is 3.17. The van der Waals surface area contributed by atoms with Crippen molar-refractivity contribution >= 4 is 5.91 Å². The van der Waals surface area contributed by atoms with Crippen molar-refractivity contribution in [3.8, 4) is 0 Å². The van der Waals surface area contributed by atoms with E-state index in [0.29, 0.717) is 12.2 Å². The predicted molar refractivity (Wildman–Crippen MR) is 104 cm³/mol. The van der Waals surface area contributed by atoms with Crippen molar-refractivity contribution in [2.75, 3.05) is 13.1 Å². The Morgan fingerprint density at radius 2 is 1.78 bits per heavy atom. The Morgan fingerprint density at radius 1 is 0.963 bits per heavy atom. The average molecular weight is 364 g/mol. The van der Waals surface area contributed by atoms with Crippen molar-refractivity contribution in [3.05, 3.63) is 52.8 Å². The van der Waals surface area contributed by atoms with Crippen LogP contribution in [0.5, 0.6) is 0 Å². The SMILES string of the molecule is O=C(c1cc2n(n1)CCN(C1CCCCC1)C2)N1CCc2ccccc2C1. The van der Waals surface area contributed by atoms with E-state index in [1.807, 2.05) is 11.0 Å². The number of rotatable bonds is 2. The molecule has 5 heteroatoms. The monoisotopic (exact) mass is 364 g/mol. The highest BCUT2D eigenvalue weighted by molar-refractivity contribution is 5.92. The maximum atomic E-state index is 13.0. The number of carbonyl (C=O) groups is 1. The van der Waals surface area contributed by atoms with Crippen molar-refractivity contribution in [2.45, 2.75) is 64.2 Å². The van der Waals surface area contributed by atoms with Crippen molar-refractivity contribution in [3.63, 3.8) is 0 Å². The quantitative estimate of drug-likeness (QED) is 0.822. The molecule has 3 heterocycles. The number of nitrogens with zero attached hydrogens (tertiary/aromatic N) is 4. The van der Waals surface area contributed by atoms with Crippen LogP contribution < -0.4 is 0 Å². The summed E-state index contributed by atoms with van der Waals surface area (Å²) in [6.07, 6.45) is 7.70. The highest BCUT2D eigenvalue weighted by atomic mass is 16.2. The molecule has 1 fully saturated rings. The number of carbonyl (C=O) groups excluding carboxylic acids is 1. The van der Waals surface area contributed by atoms with Gasteiger partial charge < -0.3 is 4.90 Å². The summed E-state index contributed by atoms with van der Waals surface area (Å²) >= 11 is 0. The van der Waals surface area contributed by atoms with Crippen molar-refractivity contribution in [2.24, 2.45) is 0 Å². The van der Waals surface area contributed by atoms with Gasteiger partial charge in [-0.15, -0.1) is 0 Å². The van der Waals surface area contributed by atoms with Crippen LogP contribution in [0.2, 0.25) is 0 Å². The van der Waals surface area contributed by atoms with Gasteiger partial charge in [-0.05, 0) is 36.5 Å². The van der Waals surface area contributed by atoms with Crippen LogP contribution in [0.25, 0.3) is 0 Å². The van der Waals surface area contributed by atoms with Crippen LogP contribution >= 0.6 is 0 Å². The van der Waals surface area contributed by atoms with Gasteiger partial charge in [0.25, 0.3) is 5.91 Å². The maximum absolute atomic E-state index is 13.0. The Hall–Kier alpha value is -2.14. The van der Waals surface area contributed by atoms with Crippen LogP contribution in [0.4, 0.5) is 0 Å². The van der Waals surface area contributed by atoms with Crippen LogP contribution in [0.15, 0.2) is 30.3 Å². The van der Waals surface area contributed by atoms with Crippen LogP contribution in [-0.4, -0.2) is 44.6 Å². The topological polar surface area (TPSA) is 41.4 Å². The molecule has 0 unspecified atom stereocenters. The van der Waals surface area contributed by atoms with Crippen molar-refractivity contribution in [1.82, 2.24) is 19.6 Å². The molecule has 0 radical (unpaired) electrons. The number of hydrogen-bond donors (Lipinski definition) is 0. The summed E-state index contributed by atoms with van der Waals surface area (Å²) in [6, 6.07) is 11.2. The van der Waals surface area contributed by atoms with E-state index >= 15 is 0 Å². The van der Waals surface area contributed by atoms with Gasteiger partial charge in [-0.3, -0.25) is 14.4 Å². The molecule has 0 saturated heterocycles.